The molecule has 56 heavy (non-hydrogen) atoms. The number of thiophene rings is 1. The lowest BCUT2D eigenvalue weighted by atomic mass is 9.50. The van der Waals surface area contributed by atoms with E-state index in [4.69, 9.17) is 0 Å². The number of nitrogens with zero attached hydrogens (tertiary/aromatic N) is 1. The average Bonchev–Trinajstić information content (AvgIpc) is 3.96. The SMILES string of the molecule is C[C@H]1CC2CCC3CC(C2)CC1C31c2ccccc2-c2cc(N(c3ccc4c(c3)C3(CCCC3)c3ccccc3-4)c3ccc4sc5ccccc5c4c3)ccc21. The third-order valence-electron chi connectivity index (χ3n) is 16.4. The van der Waals surface area contributed by atoms with Crippen LogP contribution in [0.15, 0.2) is 127 Å². The van der Waals surface area contributed by atoms with Gasteiger partial charge in [-0.2, -0.15) is 0 Å². The average molecular weight is 744 g/mol. The summed E-state index contributed by atoms with van der Waals surface area (Å²) in [6, 6.07) is 50.4. The summed E-state index contributed by atoms with van der Waals surface area (Å²) >= 11 is 1.91. The van der Waals surface area contributed by atoms with E-state index in [0.29, 0.717) is 0 Å². The molecule has 6 aliphatic carbocycles. The van der Waals surface area contributed by atoms with Gasteiger partial charge in [0, 0.05) is 48.1 Å². The van der Waals surface area contributed by atoms with E-state index in [2.05, 4.69) is 139 Å². The summed E-state index contributed by atoms with van der Waals surface area (Å²) in [6.07, 6.45) is 13.6. The van der Waals surface area contributed by atoms with Crippen LogP contribution in [0.4, 0.5) is 17.1 Å². The molecule has 0 saturated heterocycles. The van der Waals surface area contributed by atoms with Gasteiger partial charge < -0.3 is 4.90 Å². The van der Waals surface area contributed by atoms with E-state index in [0.717, 1.165) is 29.6 Å². The molecule has 1 heterocycles. The second kappa shape index (κ2) is 11.7. The minimum Gasteiger partial charge on any atom is -0.310 e. The molecule has 1 aromatic heterocycles. The Morgan fingerprint density at radius 1 is 0.518 bits per heavy atom. The van der Waals surface area contributed by atoms with Gasteiger partial charge in [0.2, 0.25) is 0 Å². The molecule has 6 aromatic carbocycles. The Hall–Kier alpha value is -4.66. The van der Waals surface area contributed by atoms with Crippen molar-refractivity contribution in [2.75, 3.05) is 4.90 Å². The Morgan fingerprint density at radius 3 is 2.09 bits per heavy atom. The summed E-state index contributed by atoms with van der Waals surface area (Å²) in [5.41, 5.74) is 16.3. The molecule has 0 radical (unpaired) electrons. The van der Waals surface area contributed by atoms with Crippen LogP contribution in [0.1, 0.15) is 93.4 Å². The Bertz CT molecular complexity index is 2750. The zero-order valence-electron chi connectivity index (χ0n) is 32.4. The molecular formula is C54H49NS. The van der Waals surface area contributed by atoms with Crippen molar-refractivity contribution < 1.29 is 0 Å². The number of rotatable bonds is 3. The van der Waals surface area contributed by atoms with Gasteiger partial charge in [0.05, 0.1) is 0 Å². The molecule has 2 heteroatoms. The maximum atomic E-state index is 2.63. The summed E-state index contributed by atoms with van der Waals surface area (Å²) in [7, 11) is 0. The molecular weight excluding hydrogens is 695 g/mol. The Kier molecular flexibility index (Phi) is 6.78. The van der Waals surface area contributed by atoms with Crippen molar-refractivity contribution in [3.8, 4) is 22.3 Å². The van der Waals surface area contributed by atoms with Gasteiger partial charge in [-0.25, -0.2) is 0 Å². The van der Waals surface area contributed by atoms with Crippen LogP contribution in [0.5, 0.6) is 0 Å². The number of hydrogen-bond donors (Lipinski definition) is 0. The van der Waals surface area contributed by atoms with Gasteiger partial charge >= 0.3 is 0 Å². The highest BCUT2D eigenvalue weighted by Crippen LogP contribution is 2.68. The molecule has 2 spiro atoms. The highest BCUT2D eigenvalue weighted by atomic mass is 32.1. The monoisotopic (exact) mass is 743 g/mol. The number of anilines is 3. The normalized spacial score (nSPS) is 27.4. The van der Waals surface area contributed by atoms with Crippen molar-refractivity contribution in [1.82, 2.24) is 0 Å². The molecule has 6 aliphatic rings. The van der Waals surface area contributed by atoms with E-state index in [1.807, 2.05) is 11.3 Å². The van der Waals surface area contributed by atoms with Crippen LogP contribution in [-0.4, -0.2) is 0 Å². The fourth-order valence-corrected chi connectivity index (χ4v) is 15.5. The standard InChI is InChI=1S/C54H49NS/c1-33-26-34-16-17-36-28-35(27-34)29-49(33)54(36)47-14-6-3-11-41(47)44-30-37(19-22-48(44)54)55(38-20-23-52-45(31-38)43-12-4-7-15-51(43)56-52)39-18-21-42-40-10-2-5-13-46(40)53(50(42)32-39)24-8-9-25-53/h2-7,10-15,18-23,30-36,49H,8-9,16-17,24-29H2,1H3/t33-,34?,35?,36?,49?,54?/m0/s1. The molecule has 5 unspecified atom stereocenters. The predicted octanol–water partition coefficient (Wildman–Crippen LogP) is 15.1. The number of fused-ring (bicyclic) bond motifs is 18. The van der Waals surface area contributed by atoms with E-state index in [1.54, 1.807) is 22.3 Å². The first-order valence-electron chi connectivity index (χ1n) is 21.8. The second-order valence-corrected chi connectivity index (χ2v) is 19.9. The predicted molar refractivity (Wildman–Crippen MR) is 236 cm³/mol. The van der Waals surface area contributed by atoms with Crippen molar-refractivity contribution in [3.63, 3.8) is 0 Å². The first-order valence-corrected chi connectivity index (χ1v) is 22.6. The zero-order valence-corrected chi connectivity index (χ0v) is 33.3. The van der Waals surface area contributed by atoms with Crippen LogP contribution in [0, 0.1) is 29.6 Å². The van der Waals surface area contributed by atoms with Gasteiger partial charge in [-0.15, -0.1) is 11.3 Å². The van der Waals surface area contributed by atoms with Crippen molar-refractivity contribution in [2.45, 2.75) is 82.0 Å². The lowest BCUT2D eigenvalue weighted by molar-refractivity contribution is 0.0647. The van der Waals surface area contributed by atoms with Crippen molar-refractivity contribution in [2.24, 2.45) is 29.6 Å². The van der Waals surface area contributed by atoms with Gasteiger partial charge in [-0.1, -0.05) is 105 Å². The van der Waals surface area contributed by atoms with Crippen LogP contribution in [0.3, 0.4) is 0 Å². The van der Waals surface area contributed by atoms with Gasteiger partial charge in [-0.05, 0) is 168 Å². The Labute approximate surface area is 335 Å². The fraction of sp³-hybridized carbons (Fsp3) is 0.333. The molecule has 4 saturated carbocycles. The zero-order chi connectivity index (χ0) is 36.8. The number of benzene rings is 6. The molecule has 0 aliphatic heterocycles. The van der Waals surface area contributed by atoms with Crippen LogP contribution in [0.2, 0.25) is 0 Å². The van der Waals surface area contributed by atoms with Crippen LogP contribution < -0.4 is 4.90 Å². The molecule has 276 valence electrons. The van der Waals surface area contributed by atoms with E-state index in [-0.39, 0.29) is 10.8 Å². The van der Waals surface area contributed by atoms with Crippen molar-refractivity contribution >= 4 is 48.6 Å². The lowest BCUT2D eigenvalue weighted by Gasteiger charge is -2.53. The third kappa shape index (κ3) is 4.22. The molecule has 0 amide bonds. The maximum Gasteiger partial charge on any atom is 0.0468 e. The Balaban J connectivity index is 1.03. The molecule has 4 bridgehead atoms. The molecule has 1 nitrogen and oxygen atoms in total. The van der Waals surface area contributed by atoms with Gasteiger partial charge in [0.1, 0.15) is 0 Å². The minimum absolute atomic E-state index is 0.123. The van der Waals surface area contributed by atoms with E-state index in [1.165, 1.54) is 124 Å². The van der Waals surface area contributed by atoms with Gasteiger partial charge in [0.25, 0.3) is 0 Å². The Morgan fingerprint density at radius 2 is 1.20 bits per heavy atom. The topological polar surface area (TPSA) is 3.24 Å². The number of hydrogen-bond acceptors (Lipinski definition) is 2. The second-order valence-electron chi connectivity index (χ2n) is 18.9. The third-order valence-corrected chi connectivity index (χ3v) is 17.5. The van der Waals surface area contributed by atoms with Gasteiger partial charge in [0.15, 0.2) is 0 Å². The molecule has 7 aromatic rings. The van der Waals surface area contributed by atoms with Crippen molar-refractivity contribution in [1.29, 1.82) is 0 Å². The first-order chi connectivity index (χ1) is 27.6. The fourth-order valence-electron chi connectivity index (χ4n) is 14.4. The van der Waals surface area contributed by atoms with Crippen LogP contribution in [0.25, 0.3) is 42.4 Å². The van der Waals surface area contributed by atoms with E-state index < -0.39 is 0 Å². The highest BCUT2D eigenvalue weighted by Gasteiger charge is 2.59. The summed E-state index contributed by atoms with van der Waals surface area (Å²) in [4.78, 5) is 2.61. The largest absolute Gasteiger partial charge is 0.310 e. The smallest absolute Gasteiger partial charge is 0.0468 e. The maximum absolute atomic E-state index is 2.63. The lowest BCUT2D eigenvalue weighted by Crippen LogP contribution is -2.49. The van der Waals surface area contributed by atoms with Gasteiger partial charge in [-0.3, -0.25) is 0 Å². The molecule has 13 rings (SSSR count). The van der Waals surface area contributed by atoms with Crippen LogP contribution in [-0.2, 0) is 10.8 Å². The summed E-state index contributed by atoms with van der Waals surface area (Å²) in [5.74, 6) is 4.07. The highest BCUT2D eigenvalue weighted by molar-refractivity contribution is 7.25. The summed E-state index contributed by atoms with van der Waals surface area (Å²) in [5, 5.41) is 2.71. The molecule has 6 atom stereocenters. The van der Waals surface area contributed by atoms with E-state index >= 15 is 0 Å². The molecule has 4 fully saturated rings. The molecule has 0 N–H and O–H groups in total. The van der Waals surface area contributed by atoms with Crippen LogP contribution >= 0.6 is 11.3 Å². The summed E-state index contributed by atoms with van der Waals surface area (Å²) < 4.78 is 2.72. The van der Waals surface area contributed by atoms with E-state index in [9.17, 15) is 0 Å². The first kappa shape index (κ1) is 32.4. The quantitative estimate of drug-likeness (QED) is 0.174. The van der Waals surface area contributed by atoms with Crippen molar-refractivity contribution in [3.05, 3.63) is 150 Å². The minimum atomic E-state index is 0.123. The summed E-state index contributed by atoms with van der Waals surface area (Å²) in [6.45, 7) is 2.62.